The number of hydrogen-bond donors (Lipinski definition) is 0. The number of benzene rings is 3. The maximum absolute atomic E-state index is 12.9. The van der Waals surface area contributed by atoms with Gasteiger partial charge in [0.05, 0.1) is 32.3 Å². The zero-order valence-corrected chi connectivity index (χ0v) is 18.1. The van der Waals surface area contributed by atoms with Crippen LogP contribution in [0.3, 0.4) is 0 Å². The molecule has 0 bridgehead atoms. The monoisotopic (exact) mass is 448 g/mol. The van der Waals surface area contributed by atoms with Crippen LogP contribution in [0, 0.1) is 0 Å². The molecule has 4 aromatic rings. The Balaban J connectivity index is 1.58. The van der Waals surface area contributed by atoms with Gasteiger partial charge in [-0.1, -0.05) is 12.1 Å². The summed E-state index contributed by atoms with van der Waals surface area (Å²) in [6.07, 6.45) is 1.21. The molecule has 1 heterocycles. The van der Waals surface area contributed by atoms with Crippen LogP contribution in [0.25, 0.3) is 11.0 Å². The standard InChI is InChI=1S/C25H20O8/c1-28-18-6-4-5-7-20(18)33-23-14-31-21-13-16(9-10-17(21)24(23)26)32-25(27)15-8-11-19(29-2)22(12-15)30-3/h4-14H,1-3H3. The number of carbonyl (C=O) groups is 1. The molecule has 0 fully saturated rings. The van der Waals surface area contributed by atoms with E-state index < -0.39 is 5.97 Å². The van der Waals surface area contributed by atoms with Gasteiger partial charge in [-0.3, -0.25) is 4.79 Å². The van der Waals surface area contributed by atoms with E-state index in [0.29, 0.717) is 23.0 Å². The first-order chi connectivity index (χ1) is 16.0. The number of para-hydroxylation sites is 2. The van der Waals surface area contributed by atoms with Gasteiger partial charge >= 0.3 is 5.97 Å². The second kappa shape index (κ2) is 9.35. The average molecular weight is 448 g/mol. The summed E-state index contributed by atoms with van der Waals surface area (Å²) in [7, 11) is 4.49. The average Bonchev–Trinajstić information content (AvgIpc) is 2.85. The van der Waals surface area contributed by atoms with Crippen molar-refractivity contribution < 1.29 is 32.9 Å². The molecule has 0 saturated carbocycles. The normalized spacial score (nSPS) is 10.5. The number of fused-ring (bicyclic) bond motifs is 1. The molecule has 0 N–H and O–H groups in total. The molecule has 33 heavy (non-hydrogen) atoms. The van der Waals surface area contributed by atoms with Gasteiger partial charge in [0, 0.05) is 6.07 Å². The molecule has 0 unspecified atom stereocenters. The second-order valence-electron chi connectivity index (χ2n) is 6.80. The van der Waals surface area contributed by atoms with Crippen LogP contribution < -0.4 is 29.1 Å². The van der Waals surface area contributed by atoms with Crippen molar-refractivity contribution in [3.63, 3.8) is 0 Å². The Hall–Kier alpha value is -4.46. The molecular weight excluding hydrogens is 428 g/mol. The van der Waals surface area contributed by atoms with E-state index in [2.05, 4.69) is 0 Å². The number of esters is 1. The molecule has 8 heteroatoms. The summed E-state index contributed by atoms with van der Waals surface area (Å²) in [6.45, 7) is 0. The maximum atomic E-state index is 12.9. The minimum Gasteiger partial charge on any atom is -0.493 e. The van der Waals surface area contributed by atoms with Crippen molar-refractivity contribution in [1.29, 1.82) is 0 Å². The minimum atomic E-state index is -0.603. The zero-order chi connectivity index (χ0) is 23.4. The number of hydrogen-bond acceptors (Lipinski definition) is 8. The lowest BCUT2D eigenvalue weighted by atomic mass is 10.2. The van der Waals surface area contributed by atoms with Gasteiger partial charge < -0.3 is 28.1 Å². The van der Waals surface area contributed by atoms with Gasteiger partial charge in [0.15, 0.2) is 23.0 Å². The highest BCUT2D eigenvalue weighted by atomic mass is 16.5. The Morgan fingerprint density at radius 2 is 1.45 bits per heavy atom. The number of rotatable bonds is 7. The van der Waals surface area contributed by atoms with Crippen molar-refractivity contribution in [3.8, 4) is 34.5 Å². The van der Waals surface area contributed by atoms with Gasteiger partial charge in [-0.15, -0.1) is 0 Å². The van der Waals surface area contributed by atoms with E-state index in [-0.39, 0.29) is 33.5 Å². The molecule has 0 aliphatic carbocycles. The highest BCUT2D eigenvalue weighted by Crippen LogP contribution is 2.31. The minimum absolute atomic E-state index is 0.00192. The van der Waals surface area contributed by atoms with Crippen LogP contribution in [0.4, 0.5) is 0 Å². The van der Waals surface area contributed by atoms with Crippen LogP contribution in [0.1, 0.15) is 10.4 Å². The molecular formula is C25H20O8. The largest absolute Gasteiger partial charge is 0.493 e. The van der Waals surface area contributed by atoms with Gasteiger partial charge in [0.2, 0.25) is 11.2 Å². The summed E-state index contributed by atoms with van der Waals surface area (Å²) < 4.78 is 32.3. The summed E-state index contributed by atoms with van der Waals surface area (Å²) in [5.41, 5.74) is 0.139. The molecule has 4 rings (SSSR count). The summed E-state index contributed by atoms with van der Waals surface area (Å²) in [5.74, 6) is 1.37. The highest BCUT2D eigenvalue weighted by Gasteiger charge is 2.16. The van der Waals surface area contributed by atoms with E-state index in [1.807, 2.05) is 0 Å². The van der Waals surface area contributed by atoms with E-state index in [9.17, 15) is 9.59 Å². The van der Waals surface area contributed by atoms with E-state index in [1.54, 1.807) is 36.4 Å². The van der Waals surface area contributed by atoms with Gasteiger partial charge in [-0.05, 0) is 42.5 Å². The first-order valence-electron chi connectivity index (χ1n) is 9.84. The molecule has 1 aromatic heterocycles. The molecule has 168 valence electrons. The predicted molar refractivity (Wildman–Crippen MR) is 120 cm³/mol. The molecule has 3 aromatic carbocycles. The quantitative estimate of drug-likeness (QED) is 0.293. The van der Waals surface area contributed by atoms with Crippen molar-refractivity contribution in [3.05, 3.63) is 82.7 Å². The summed E-state index contributed by atoms with van der Waals surface area (Å²) in [6, 6.07) is 16.1. The van der Waals surface area contributed by atoms with Crippen molar-refractivity contribution in [2.75, 3.05) is 21.3 Å². The van der Waals surface area contributed by atoms with Crippen LogP contribution in [-0.2, 0) is 0 Å². The SMILES string of the molecule is COc1ccc(C(=O)Oc2ccc3c(=O)c(Oc4ccccc4OC)coc3c2)cc1OC. The van der Waals surface area contributed by atoms with Crippen molar-refractivity contribution in [1.82, 2.24) is 0 Å². The molecule has 0 aliphatic heterocycles. The third-order valence-electron chi connectivity index (χ3n) is 4.83. The van der Waals surface area contributed by atoms with Crippen LogP contribution in [0.2, 0.25) is 0 Å². The molecule has 0 radical (unpaired) electrons. The Morgan fingerprint density at radius 1 is 0.758 bits per heavy atom. The lowest BCUT2D eigenvalue weighted by Gasteiger charge is -2.10. The Labute approximate surface area is 188 Å². The third kappa shape index (κ3) is 4.45. The fraction of sp³-hybridized carbons (Fsp3) is 0.120. The maximum Gasteiger partial charge on any atom is 0.343 e. The van der Waals surface area contributed by atoms with Crippen molar-refractivity contribution in [2.24, 2.45) is 0 Å². The summed E-state index contributed by atoms with van der Waals surface area (Å²) >= 11 is 0. The topological polar surface area (TPSA) is 93.4 Å². The number of methoxy groups -OCH3 is 3. The van der Waals surface area contributed by atoms with E-state index in [1.165, 1.54) is 51.9 Å². The van der Waals surface area contributed by atoms with Crippen LogP contribution in [0.15, 0.2) is 76.1 Å². The Bertz CT molecular complexity index is 1370. The summed E-state index contributed by atoms with van der Waals surface area (Å²) in [5, 5.41) is 0.272. The Morgan fingerprint density at radius 3 is 2.18 bits per heavy atom. The third-order valence-corrected chi connectivity index (χ3v) is 4.83. The van der Waals surface area contributed by atoms with E-state index >= 15 is 0 Å². The second-order valence-corrected chi connectivity index (χ2v) is 6.80. The van der Waals surface area contributed by atoms with Crippen LogP contribution in [-0.4, -0.2) is 27.3 Å². The molecule has 0 atom stereocenters. The van der Waals surface area contributed by atoms with Gasteiger partial charge in [0.25, 0.3) is 0 Å². The van der Waals surface area contributed by atoms with Crippen molar-refractivity contribution in [2.45, 2.75) is 0 Å². The smallest absolute Gasteiger partial charge is 0.343 e. The highest BCUT2D eigenvalue weighted by molar-refractivity contribution is 5.92. The molecule has 8 nitrogen and oxygen atoms in total. The van der Waals surface area contributed by atoms with Gasteiger partial charge in [-0.2, -0.15) is 0 Å². The van der Waals surface area contributed by atoms with E-state index in [0.717, 1.165) is 0 Å². The van der Waals surface area contributed by atoms with Crippen LogP contribution in [0.5, 0.6) is 34.5 Å². The predicted octanol–water partition coefficient (Wildman–Crippen LogP) is 4.83. The lowest BCUT2D eigenvalue weighted by Crippen LogP contribution is -2.09. The van der Waals surface area contributed by atoms with Crippen molar-refractivity contribution >= 4 is 16.9 Å². The zero-order valence-electron chi connectivity index (χ0n) is 18.1. The number of carbonyl (C=O) groups excluding carboxylic acids is 1. The van der Waals surface area contributed by atoms with Gasteiger partial charge in [0.1, 0.15) is 17.6 Å². The lowest BCUT2D eigenvalue weighted by molar-refractivity contribution is 0.0734. The number of ether oxygens (including phenoxy) is 5. The fourth-order valence-corrected chi connectivity index (χ4v) is 3.18. The first kappa shape index (κ1) is 21.8. The van der Waals surface area contributed by atoms with E-state index in [4.69, 9.17) is 28.1 Å². The van der Waals surface area contributed by atoms with Gasteiger partial charge in [-0.25, -0.2) is 4.79 Å². The molecule has 0 saturated heterocycles. The molecule has 0 aliphatic rings. The summed E-state index contributed by atoms with van der Waals surface area (Å²) in [4.78, 5) is 25.4. The van der Waals surface area contributed by atoms with Crippen LogP contribution >= 0.6 is 0 Å². The first-order valence-corrected chi connectivity index (χ1v) is 9.84. The fourth-order valence-electron chi connectivity index (χ4n) is 3.18. The molecule has 0 amide bonds. The molecule has 0 spiro atoms. The Kier molecular flexibility index (Phi) is 6.17.